The molecule has 0 aliphatic heterocycles. The van der Waals surface area contributed by atoms with Crippen LogP contribution in [0.3, 0.4) is 0 Å². The summed E-state index contributed by atoms with van der Waals surface area (Å²) in [6.45, 7) is 0.618. The first kappa shape index (κ1) is 14.8. The zero-order valence-corrected chi connectivity index (χ0v) is 11.0. The van der Waals surface area contributed by atoms with Gasteiger partial charge in [0.15, 0.2) is 0 Å². The van der Waals surface area contributed by atoms with E-state index in [2.05, 4.69) is 10.6 Å². The Morgan fingerprint density at radius 1 is 1.17 bits per heavy atom. The maximum Gasteiger partial charge on any atom is 0.251 e. The van der Waals surface area contributed by atoms with E-state index in [1.165, 1.54) is 18.2 Å². The molecule has 0 atom stereocenters. The van der Waals surface area contributed by atoms with E-state index in [0.717, 1.165) is 0 Å². The molecule has 0 aromatic heterocycles. The number of halogens is 2. The summed E-state index contributed by atoms with van der Waals surface area (Å²) in [5, 5.41) is 5.65. The predicted molar refractivity (Wildman–Crippen MR) is 70.9 cm³/mol. The summed E-state index contributed by atoms with van der Waals surface area (Å²) < 4.78 is 0. The number of rotatable bonds is 5. The van der Waals surface area contributed by atoms with E-state index in [9.17, 15) is 9.59 Å². The third-order valence-corrected chi connectivity index (χ3v) is 2.80. The van der Waals surface area contributed by atoms with Crippen molar-refractivity contribution in [2.45, 2.75) is 0 Å². The van der Waals surface area contributed by atoms with E-state index < -0.39 is 5.91 Å². The molecule has 0 saturated heterocycles. The molecule has 0 bridgehead atoms. The molecule has 1 rings (SSSR count). The van der Waals surface area contributed by atoms with Crippen LogP contribution < -0.4 is 16.4 Å². The molecule has 5 nitrogen and oxygen atoms in total. The van der Waals surface area contributed by atoms with E-state index >= 15 is 0 Å². The summed E-state index contributed by atoms with van der Waals surface area (Å²) in [5.41, 5.74) is 5.57. The second-order valence-corrected chi connectivity index (χ2v) is 4.26. The smallest absolute Gasteiger partial charge is 0.251 e. The van der Waals surface area contributed by atoms with Crippen LogP contribution in [0.2, 0.25) is 10.0 Å². The molecule has 7 heteroatoms. The van der Waals surface area contributed by atoms with Crippen molar-refractivity contribution in [3.05, 3.63) is 33.8 Å². The van der Waals surface area contributed by atoms with Crippen LogP contribution in [0.4, 0.5) is 0 Å². The highest BCUT2D eigenvalue weighted by Crippen LogP contribution is 2.22. The lowest BCUT2D eigenvalue weighted by Gasteiger charge is -2.06. The van der Waals surface area contributed by atoms with Crippen molar-refractivity contribution in [1.82, 2.24) is 10.6 Å². The van der Waals surface area contributed by atoms with Gasteiger partial charge in [0.2, 0.25) is 5.91 Å². The Balaban J connectivity index is 2.50. The van der Waals surface area contributed by atoms with Gasteiger partial charge in [0.05, 0.1) is 16.6 Å². The Bertz CT molecular complexity index is 452. The van der Waals surface area contributed by atoms with Crippen LogP contribution in [0, 0.1) is 0 Å². The average Bonchev–Trinajstić information content (AvgIpc) is 2.36. The lowest BCUT2D eigenvalue weighted by Crippen LogP contribution is -2.38. The van der Waals surface area contributed by atoms with Gasteiger partial charge in [-0.3, -0.25) is 9.59 Å². The second-order valence-electron chi connectivity index (χ2n) is 3.45. The van der Waals surface area contributed by atoms with Gasteiger partial charge in [-0.1, -0.05) is 23.2 Å². The van der Waals surface area contributed by atoms with E-state index in [0.29, 0.717) is 23.7 Å². The van der Waals surface area contributed by atoms with E-state index in [1.807, 2.05) is 0 Å². The molecule has 0 fully saturated rings. The number of benzene rings is 1. The molecule has 0 unspecified atom stereocenters. The lowest BCUT2D eigenvalue weighted by molar-refractivity contribution is -0.120. The minimum absolute atomic E-state index is 0.112. The molecule has 98 valence electrons. The Hall–Kier alpha value is -1.30. The highest BCUT2D eigenvalue weighted by Gasteiger charge is 2.09. The quantitative estimate of drug-likeness (QED) is 0.750. The Morgan fingerprint density at radius 2 is 1.89 bits per heavy atom. The van der Waals surface area contributed by atoms with Crippen LogP contribution in [-0.2, 0) is 4.79 Å². The van der Waals surface area contributed by atoms with Gasteiger partial charge in [-0.15, -0.1) is 0 Å². The normalized spacial score (nSPS) is 9.94. The van der Waals surface area contributed by atoms with Crippen molar-refractivity contribution in [2.75, 3.05) is 19.6 Å². The molecule has 2 amide bonds. The second kappa shape index (κ2) is 7.20. The van der Waals surface area contributed by atoms with Crippen molar-refractivity contribution >= 4 is 35.0 Å². The number of nitrogens with two attached hydrogens (primary N) is 1. The Kier molecular flexibility index (Phi) is 5.91. The lowest BCUT2D eigenvalue weighted by atomic mass is 10.2. The number of nitrogens with one attached hydrogen (secondary N) is 2. The molecule has 0 spiro atoms. The topological polar surface area (TPSA) is 84.2 Å². The summed E-state index contributed by atoms with van der Waals surface area (Å²) >= 11 is 11.5. The van der Waals surface area contributed by atoms with Gasteiger partial charge in [-0.05, 0) is 18.2 Å². The number of hydrogen-bond donors (Lipinski definition) is 3. The first-order valence-corrected chi connectivity index (χ1v) is 6.00. The number of carbonyl (C=O) groups is 2. The number of hydrogen-bond acceptors (Lipinski definition) is 3. The minimum atomic E-state index is -0.392. The van der Waals surface area contributed by atoms with Crippen molar-refractivity contribution in [1.29, 1.82) is 0 Å². The van der Waals surface area contributed by atoms with Crippen molar-refractivity contribution in [2.24, 2.45) is 5.73 Å². The highest BCUT2D eigenvalue weighted by atomic mass is 35.5. The summed E-state index contributed by atoms with van der Waals surface area (Å²) in [6, 6.07) is 4.49. The zero-order valence-electron chi connectivity index (χ0n) is 9.50. The van der Waals surface area contributed by atoms with Crippen LogP contribution in [-0.4, -0.2) is 31.4 Å². The first-order chi connectivity index (χ1) is 8.54. The first-order valence-electron chi connectivity index (χ1n) is 5.24. The zero-order chi connectivity index (χ0) is 13.5. The van der Waals surface area contributed by atoms with Crippen molar-refractivity contribution in [3.8, 4) is 0 Å². The van der Waals surface area contributed by atoms with Gasteiger partial charge >= 0.3 is 0 Å². The molecular formula is C11H13Cl2N3O2. The highest BCUT2D eigenvalue weighted by molar-refractivity contribution is 6.42. The van der Waals surface area contributed by atoms with Crippen molar-refractivity contribution in [3.63, 3.8) is 0 Å². The largest absolute Gasteiger partial charge is 0.353 e. The standard InChI is InChI=1S/C11H13Cl2N3O2/c12-8-2-1-7(5-9(8)13)11(18)16-6-10(17)15-4-3-14/h1-2,5H,3-4,6,14H2,(H,15,17)(H,16,18). The fourth-order valence-corrected chi connectivity index (χ4v) is 1.47. The van der Waals surface area contributed by atoms with Gasteiger partial charge in [-0.25, -0.2) is 0 Å². The maximum atomic E-state index is 11.7. The van der Waals surface area contributed by atoms with Gasteiger partial charge in [0, 0.05) is 18.7 Å². The molecular weight excluding hydrogens is 277 g/mol. The monoisotopic (exact) mass is 289 g/mol. The summed E-state index contributed by atoms with van der Waals surface area (Å²) in [4.78, 5) is 22.9. The Morgan fingerprint density at radius 3 is 2.50 bits per heavy atom. The predicted octanol–water partition coefficient (Wildman–Crippen LogP) is 0.798. The summed E-state index contributed by atoms with van der Waals surface area (Å²) in [6.07, 6.45) is 0. The van der Waals surface area contributed by atoms with Gasteiger partial charge in [0.25, 0.3) is 5.91 Å². The molecule has 1 aromatic rings. The molecule has 0 aliphatic rings. The fourth-order valence-electron chi connectivity index (χ4n) is 1.17. The molecule has 0 saturated carbocycles. The molecule has 0 heterocycles. The maximum absolute atomic E-state index is 11.7. The Labute approximate surface area is 115 Å². The fraction of sp³-hybridized carbons (Fsp3) is 0.273. The SMILES string of the molecule is NCCNC(=O)CNC(=O)c1ccc(Cl)c(Cl)c1. The number of carbonyl (C=O) groups excluding carboxylic acids is 2. The molecule has 18 heavy (non-hydrogen) atoms. The van der Waals surface area contributed by atoms with Gasteiger partial charge in [0.1, 0.15) is 0 Å². The molecule has 1 aromatic carbocycles. The van der Waals surface area contributed by atoms with E-state index in [-0.39, 0.29) is 17.5 Å². The summed E-state index contributed by atoms with van der Waals surface area (Å²) in [7, 11) is 0. The number of amides is 2. The van der Waals surface area contributed by atoms with Crippen LogP contribution >= 0.6 is 23.2 Å². The summed E-state index contributed by atoms with van der Waals surface area (Å²) in [5.74, 6) is -0.690. The minimum Gasteiger partial charge on any atom is -0.353 e. The third-order valence-electron chi connectivity index (χ3n) is 2.06. The van der Waals surface area contributed by atoms with Crippen LogP contribution in [0.25, 0.3) is 0 Å². The van der Waals surface area contributed by atoms with Crippen LogP contribution in [0.15, 0.2) is 18.2 Å². The van der Waals surface area contributed by atoms with Gasteiger partial charge in [-0.2, -0.15) is 0 Å². The average molecular weight is 290 g/mol. The third kappa shape index (κ3) is 4.52. The van der Waals surface area contributed by atoms with Crippen molar-refractivity contribution < 1.29 is 9.59 Å². The molecule has 0 radical (unpaired) electrons. The molecule has 0 aliphatic carbocycles. The van der Waals surface area contributed by atoms with E-state index in [1.54, 1.807) is 0 Å². The van der Waals surface area contributed by atoms with Crippen LogP contribution in [0.1, 0.15) is 10.4 Å². The van der Waals surface area contributed by atoms with Crippen LogP contribution in [0.5, 0.6) is 0 Å². The van der Waals surface area contributed by atoms with Gasteiger partial charge < -0.3 is 16.4 Å². The molecule has 4 N–H and O–H groups in total. The van der Waals surface area contributed by atoms with E-state index in [4.69, 9.17) is 28.9 Å².